The number of nitrogens with one attached hydrogen (secondary N) is 4. The first kappa shape index (κ1) is 29.3. The van der Waals surface area contributed by atoms with Gasteiger partial charge in [0.15, 0.2) is 0 Å². The first-order valence-corrected chi connectivity index (χ1v) is 15.0. The molecule has 8 heteroatoms. The fourth-order valence-corrected chi connectivity index (χ4v) is 6.77. The van der Waals surface area contributed by atoms with Gasteiger partial charge in [0.1, 0.15) is 0 Å². The minimum atomic E-state index is -0.842. The van der Waals surface area contributed by atoms with Crippen molar-refractivity contribution in [1.82, 2.24) is 20.3 Å². The maximum absolute atomic E-state index is 11.6. The van der Waals surface area contributed by atoms with E-state index in [4.69, 9.17) is 0 Å². The highest BCUT2D eigenvalue weighted by atomic mass is 16.4. The maximum atomic E-state index is 11.6. The van der Waals surface area contributed by atoms with E-state index in [-0.39, 0.29) is 18.9 Å². The summed E-state index contributed by atoms with van der Waals surface area (Å²) in [4.78, 5) is 34.0. The van der Waals surface area contributed by atoms with Crippen LogP contribution in [0.3, 0.4) is 0 Å². The summed E-state index contributed by atoms with van der Waals surface area (Å²) in [5.41, 5.74) is 10.7. The van der Waals surface area contributed by atoms with Crippen LogP contribution >= 0.6 is 0 Å². The van der Waals surface area contributed by atoms with Crippen molar-refractivity contribution in [3.05, 3.63) is 77.4 Å². The summed E-state index contributed by atoms with van der Waals surface area (Å²) in [6.07, 6.45) is 11.4. The van der Waals surface area contributed by atoms with Crippen LogP contribution in [-0.2, 0) is 28.9 Å². The summed E-state index contributed by atoms with van der Waals surface area (Å²) in [6, 6.07) is 0.0873. The number of allylic oxidation sites excluding steroid dienone is 1. The van der Waals surface area contributed by atoms with Crippen molar-refractivity contribution in [2.24, 2.45) is 5.92 Å². The van der Waals surface area contributed by atoms with E-state index >= 15 is 0 Å². The van der Waals surface area contributed by atoms with E-state index < -0.39 is 11.9 Å². The predicted molar refractivity (Wildman–Crippen MR) is 166 cm³/mol. The molecule has 6 N–H and O–H groups in total. The number of fused-ring (bicyclic) bond motifs is 8. The number of hydrogen-bond acceptors (Lipinski definition) is 3. The highest BCUT2D eigenvalue weighted by Gasteiger charge is 2.29. The molecular formula is C34H42N4O4. The number of carboxylic acids is 2. The molecule has 3 aromatic heterocycles. The van der Waals surface area contributed by atoms with Gasteiger partial charge in [0.25, 0.3) is 0 Å². The summed E-state index contributed by atoms with van der Waals surface area (Å²) in [5, 5.41) is 26.7. The molecule has 5 rings (SSSR count). The highest BCUT2D eigenvalue weighted by molar-refractivity contribution is 5.69. The van der Waals surface area contributed by atoms with Crippen molar-refractivity contribution in [3.63, 3.8) is 0 Å². The van der Waals surface area contributed by atoms with Gasteiger partial charge in [-0.05, 0) is 117 Å². The molecule has 8 nitrogen and oxygen atoms in total. The molecule has 0 fully saturated rings. The molecule has 2 aliphatic heterocycles. The lowest BCUT2D eigenvalue weighted by molar-refractivity contribution is -0.138. The van der Waals surface area contributed by atoms with Crippen molar-refractivity contribution < 1.29 is 19.8 Å². The van der Waals surface area contributed by atoms with Crippen LogP contribution in [0.15, 0.2) is 11.3 Å². The van der Waals surface area contributed by atoms with Gasteiger partial charge in [-0.1, -0.05) is 13.8 Å². The number of carbonyl (C=O) groups is 2. The van der Waals surface area contributed by atoms with Crippen molar-refractivity contribution in [2.75, 3.05) is 0 Å². The molecule has 222 valence electrons. The summed E-state index contributed by atoms with van der Waals surface area (Å²) in [5.74, 6) is -1.35. The van der Waals surface area contributed by atoms with E-state index in [0.717, 1.165) is 73.6 Å². The molecule has 8 bridgehead atoms. The Balaban J connectivity index is 1.86. The number of hydrogen-bond donors (Lipinski definition) is 6. The van der Waals surface area contributed by atoms with Gasteiger partial charge < -0.3 is 30.5 Å². The highest BCUT2D eigenvalue weighted by Crippen LogP contribution is 2.30. The van der Waals surface area contributed by atoms with Gasteiger partial charge in [0.2, 0.25) is 0 Å². The fraction of sp³-hybridized carbons (Fsp3) is 0.412. The zero-order chi connectivity index (χ0) is 30.3. The molecule has 3 aromatic rings. The Morgan fingerprint density at radius 2 is 1.31 bits per heavy atom. The van der Waals surface area contributed by atoms with Gasteiger partial charge in [-0.25, -0.2) is 0 Å². The molecule has 2 aliphatic rings. The smallest absolute Gasteiger partial charge is 0.303 e. The fourth-order valence-electron chi connectivity index (χ4n) is 6.77. The second-order valence-electron chi connectivity index (χ2n) is 11.7. The first-order valence-electron chi connectivity index (χ1n) is 15.0. The lowest BCUT2D eigenvalue weighted by atomic mass is 9.92. The summed E-state index contributed by atoms with van der Waals surface area (Å²) in [6.45, 7) is 12.8. The van der Waals surface area contributed by atoms with Gasteiger partial charge in [-0.3, -0.25) is 9.59 Å². The van der Waals surface area contributed by atoms with E-state index in [1.165, 1.54) is 16.7 Å². The third-order valence-electron chi connectivity index (χ3n) is 9.27. The monoisotopic (exact) mass is 570 g/mol. The Morgan fingerprint density at radius 3 is 1.95 bits per heavy atom. The minimum Gasteiger partial charge on any atom is -0.481 e. The largest absolute Gasteiger partial charge is 0.481 e. The van der Waals surface area contributed by atoms with Crippen molar-refractivity contribution in [2.45, 2.75) is 86.1 Å². The van der Waals surface area contributed by atoms with E-state index in [9.17, 15) is 19.8 Å². The van der Waals surface area contributed by atoms with Gasteiger partial charge in [-0.15, -0.1) is 0 Å². The SMILES string of the molecule is CCc1c(C)/c2[nH]/c1=C\C1=C(C)[C@@H](CC)C(/C=c3\[nH]/c(c(CCC(=O)O)c3C)=C\c3[nH]c(c(C)c3CCC(=O)O)\C=2)N1. The molecule has 0 amide bonds. The Morgan fingerprint density at radius 1 is 0.714 bits per heavy atom. The molecule has 0 radical (unpaired) electrons. The number of carboxylic acid groups (broad SMARTS) is 2. The summed E-state index contributed by atoms with van der Waals surface area (Å²) in [7, 11) is 0. The number of rotatable bonds is 8. The van der Waals surface area contributed by atoms with Gasteiger partial charge in [0, 0.05) is 57.2 Å². The Hall–Kier alpha value is -4.20. The zero-order valence-corrected chi connectivity index (χ0v) is 25.4. The average Bonchev–Trinajstić information content (AvgIpc) is 3.59. The quantitative estimate of drug-likeness (QED) is 0.248. The average molecular weight is 571 g/mol. The molecular weight excluding hydrogens is 528 g/mol. The van der Waals surface area contributed by atoms with Crippen molar-refractivity contribution in [1.29, 1.82) is 0 Å². The second-order valence-corrected chi connectivity index (χ2v) is 11.7. The maximum Gasteiger partial charge on any atom is 0.303 e. The number of aromatic nitrogens is 3. The first-order chi connectivity index (χ1) is 20.0. The van der Waals surface area contributed by atoms with Crippen LogP contribution in [0.25, 0.3) is 24.3 Å². The molecule has 0 saturated carbocycles. The number of H-pyrrole nitrogens is 3. The molecule has 1 unspecified atom stereocenters. The van der Waals surface area contributed by atoms with Gasteiger partial charge in [0.05, 0.1) is 6.04 Å². The Kier molecular flexibility index (Phi) is 8.08. The molecule has 5 heterocycles. The van der Waals surface area contributed by atoms with Crippen LogP contribution in [-0.4, -0.2) is 43.1 Å². The molecule has 2 atom stereocenters. The normalized spacial score (nSPS) is 20.9. The van der Waals surface area contributed by atoms with Crippen LogP contribution in [0.2, 0.25) is 0 Å². The lowest BCUT2D eigenvalue weighted by Crippen LogP contribution is -2.29. The molecule has 0 saturated heterocycles. The summed E-state index contributed by atoms with van der Waals surface area (Å²) >= 11 is 0. The lowest BCUT2D eigenvalue weighted by Gasteiger charge is -2.16. The van der Waals surface area contributed by atoms with E-state index in [1.807, 2.05) is 13.0 Å². The van der Waals surface area contributed by atoms with E-state index in [0.29, 0.717) is 18.8 Å². The van der Waals surface area contributed by atoms with E-state index in [2.05, 4.69) is 73.1 Å². The third-order valence-corrected chi connectivity index (χ3v) is 9.27. The predicted octanol–water partition coefficient (Wildman–Crippen LogP) is 2.70. The standard InChI is InChI=1S/C34H42N4O4/c1-7-21-17(3)25-13-26-19(5)23(9-11-33(39)40)31(37-26)16-32-24(10-12-34(41)42)20(6)28(38-32)15-30-22(8-2)18(4)27(36-30)14-29(21)35-25/h13-16,22,30,35-38H,7-12H2,1-6H3,(H,39,40)(H,41,42)/b25-13-,28-15-,29-14-,32-16-/t22-,30?/m1/s1. The Bertz CT molecular complexity index is 1850. The van der Waals surface area contributed by atoms with Crippen molar-refractivity contribution >= 4 is 36.2 Å². The molecule has 0 spiro atoms. The van der Waals surface area contributed by atoms with Crippen LogP contribution < -0.4 is 26.7 Å². The third kappa shape index (κ3) is 5.38. The van der Waals surface area contributed by atoms with Crippen LogP contribution in [0, 0.1) is 26.7 Å². The van der Waals surface area contributed by atoms with Gasteiger partial charge in [-0.2, -0.15) is 0 Å². The van der Waals surface area contributed by atoms with Gasteiger partial charge >= 0.3 is 11.9 Å². The second kappa shape index (κ2) is 11.6. The minimum absolute atomic E-state index is 0.0223. The van der Waals surface area contributed by atoms with Crippen LogP contribution in [0.5, 0.6) is 0 Å². The summed E-state index contributed by atoms with van der Waals surface area (Å²) < 4.78 is 0. The molecule has 42 heavy (non-hydrogen) atoms. The van der Waals surface area contributed by atoms with Crippen LogP contribution in [0.4, 0.5) is 0 Å². The van der Waals surface area contributed by atoms with E-state index in [1.54, 1.807) is 0 Å². The van der Waals surface area contributed by atoms with Crippen molar-refractivity contribution in [3.8, 4) is 0 Å². The topological polar surface area (TPSA) is 134 Å². The molecule has 0 aromatic carbocycles. The zero-order valence-electron chi connectivity index (χ0n) is 25.4. The Labute approximate surface area is 245 Å². The molecule has 0 aliphatic carbocycles. The van der Waals surface area contributed by atoms with Crippen LogP contribution in [0.1, 0.15) is 84.8 Å². The number of aromatic amines is 3. The number of aliphatic carboxylic acids is 2.